The molecule has 74 valence electrons. The molecule has 0 saturated carbocycles. The molecule has 0 radical (unpaired) electrons. The van der Waals surface area contributed by atoms with Gasteiger partial charge in [-0.2, -0.15) is 5.10 Å². The quantitative estimate of drug-likeness (QED) is 0.460. The third-order valence-electron chi connectivity index (χ3n) is 2.11. The third kappa shape index (κ3) is 1.40. The Morgan fingerprint density at radius 1 is 1.57 bits per heavy atom. The summed E-state index contributed by atoms with van der Waals surface area (Å²) in [6.07, 6.45) is 5.18. The van der Waals surface area contributed by atoms with Crippen molar-refractivity contribution in [3.8, 4) is 0 Å². The number of hydrazine groups is 1. The number of aromatic nitrogens is 4. The van der Waals surface area contributed by atoms with Crippen LogP contribution in [0, 0.1) is 0 Å². The molecule has 0 amide bonds. The summed E-state index contributed by atoms with van der Waals surface area (Å²) in [4.78, 5) is 7.15. The van der Waals surface area contributed by atoms with Crippen LogP contribution in [0.1, 0.15) is 17.6 Å². The lowest BCUT2D eigenvalue weighted by Crippen LogP contribution is -2.31. The first-order valence-electron chi connectivity index (χ1n) is 4.26. The van der Waals surface area contributed by atoms with Crippen LogP contribution in [-0.2, 0) is 7.05 Å². The fourth-order valence-electron chi connectivity index (χ4n) is 1.41. The van der Waals surface area contributed by atoms with E-state index in [2.05, 4.69) is 20.5 Å². The van der Waals surface area contributed by atoms with Crippen LogP contribution in [0.2, 0.25) is 0 Å². The first-order chi connectivity index (χ1) is 6.83. The molecule has 2 rings (SSSR count). The lowest BCUT2D eigenvalue weighted by Gasteiger charge is -2.13. The summed E-state index contributed by atoms with van der Waals surface area (Å²) < 4.78 is 1.76. The SMILES string of the molecule is Cn1nccc1C(NN)c1ncc[nH]1. The van der Waals surface area contributed by atoms with E-state index in [-0.39, 0.29) is 6.04 Å². The predicted octanol–water partition coefficient (Wildman–Crippen LogP) is -0.304. The summed E-state index contributed by atoms with van der Waals surface area (Å²) in [5, 5.41) is 4.07. The molecule has 0 bridgehead atoms. The molecule has 1 atom stereocenters. The van der Waals surface area contributed by atoms with Gasteiger partial charge in [-0.25, -0.2) is 10.4 Å². The summed E-state index contributed by atoms with van der Waals surface area (Å²) in [7, 11) is 1.86. The van der Waals surface area contributed by atoms with E-state index in [1.165, 1.54) is 0 Å². The Morgan fingerprint density at radius 2 is 2.43 bits per heavy atom. The van der Waals surface area contributed by atoms with E-state index in [1.807, 2.05) is 13.1 Å². The molecular weight excluding hydrogens is 180 g/mol. The Labute approximate surface area is 81.1 Å². The van der Waals surface area contributed by atoms with Gasteiger partial charge in [-0.05, 0) is 6.07 Å². The highest BCUT2D eigenvalue weighted by Crippen LogP contribution is 2.16. The van der Waals surface area contributed by atoms with Crippen LogP contribution in [0.15, 0.2) is 24.7 Å². The summed E-state index contributed by atoms with van der Waals surface area (Å²) in [5.41, 5.74) is 3.65. The highest BCUT2D eigenvalue weighted by molar-refractivity contribution is 5.15. The van der Waals surface area contributed by atoms with Crippen molar-refractivity contribution in [1.82, 2.24) is 25.2 Å². The van der Waals surface area contributed by atoms with Crippen LogP contribution in [0.5, 0.6) is 0 Å². The van der Waals surface area contributed by atoms with Gasteiger partial charge >= 0.3 is 0 Å². The standard InChI is InChI=1S/C8H12N6/c1-14-6(2-3-12-14)7(13-9)8-10-4-5-11-8/h2-5,7,13H,9H2,1H3,(H,10,11). The first-order valence-corrected chi connectivity index (χ1v) is 4.26. The molecule has 0 aliphatic heterocycles. The monoisotopic (exact) mass is 192 g/mol. The van der Waals surface area contributed by atoms with Crippen molar-refractivity contribution >= 4 is 0 Å². The highest BCUT2D eigenvalue weighted by atomic mass is 15.3. The van der Waals surface area contributed by atoms with E-state index in [0.717, 1.165) is 11.5 Å². The molecule has 6 nitrogen and oxygen atoms in total. The van der Waals surface area contributed by atoms with Crippen molar-refractivity contribution in [3.05, 3.63) is 36.2 Å². The number of H-pyrrole nitrogens is 1. The highest BCUT2D eigenvalue weighted by Gasteiger charge is 2.17. The lowest BCUT2D eigenvalue weighted by molar-refractivity contribution is 0.554. The summed E-state index contributed by atoms with van der Waals surface area (Å²) in [6, 6.07) is 1.74. The molecule has 1 unspecified atom stereocenters. The Kier molecular flexibility index (Phi) is 2.30. The molecule has 0 spiro atoms. The number of aromatic amines is 1. The van der Waals surface area contributed by atoms with Crippen molar-refractivity contribution in [1.29, 1.82) is 0 Å². The molecule has 4 N–H and O–H groups in total. The number of nitrogens with two attached hydrogens (primary N) is 1. The normalized spacial score (nSPS) is 13.0. The topological polar surface area (TPSA) is 84.6 Å². The van der Waals surface area contributed by atoms with Gasteiger partial charge in [0, 0.05) is 25.6 Å². The zero-order chi connectivity index (χ0) is 9.97. The predicted molar refractivity (Wildman–Crippen MR) is 51.0 cm³/mol. The van der Waals surface area contributed by atoms with Gasteiger partial charge in [0.05, 0.1) is 5.69 Å². The number of aryl methyl sites for hydroxylation is 1. The van der Waals surface area contributed by atoms with Crippen LogP contribution < -0.4 is 11.3 Å². The fourth-order valence-corrected chi connectivity index (χ4v) is 1.41. The summed E-state index contributed by atoms with van der Waals surface area (Å²) >= 11 is 0. The van der Waals surface area contributed by atoms with Gasteiger partial charge < -0.3 is 4.98 Å². The number of hydrogen-bond donors (Lipinski definition) is 3. The van der Waals surface area contributed by atoms with Crippen molar-refractivity contribution < 1.29 is 0 Å². The zero-order valence-corrected chi connectivity index (χ0v) is 7.81. The van der Waals surface area contributed by atoms with Gasteiger partial charge in [0.25, 0.3) is 0 Å². The average molecular weight is 192 g/mol. The zero-order valence-electron chi connectivity index (χ0n) is 7.81. The summed E-state index contributed by atoms with van der Waals surface area (Å²) in [6.45, 7) is 0. The van der Waals surface area contributed by atoms with E-state index in [9.17, 15) is 0 Å². The van der Waals surface area contributed by atoms with Crippen molar-refractivity contribution in [2.24, 2.45) is 12.9 Å². The van der Waals surface area contributed by atoms with Crippen LogP contribution in [0.3, 0.4) is 0 Å². The Bertz CT molecular complexity index is 390. The number of nitrogens with one attached hydrogen (secondary N) is 2. The second-order valence-electron chi connectivity index (χ2n) is 2.95. The average Bonchev–Trinajstić information content (AvgIpc) is 2.80. The van der Waals surface area contributed by atoms with Crippen LogP contribution in [0.4, 0.5) is 0 Å². The van der Waals surface area contributed by atoms with Crippen molar-refractivity contribution in [2.75, 3.05) is 0 Å². The van der Waals surface area contributed by atoms with Gasteiger partial charge in [0.15, 0.2) is 0 Å². The van der Waals surface area contributed by atoms with Gasteiger partial charge in [-0.1, -0.05) is 0 Å². The molecule has 14 heavy (non-hydrogen) atoms. The number of nitrogens with zero attached hydrogens (tertiary/aromatic N) is 3. The van der Waals surface area contributed by atoms with Gasteiger partial charge in [0.2, 0.25) is 0 Å². The van der Waals surface area contributed by atoms with Crippen LogP contribution in [0.25, 0.3) is 0 Å². The second kappa shape index (κ2) is 3.60. The Morgan fingerprint density at radius 3 is 2.93 bits per heavy atom. The van der Waals surface area contributed by atoms with Gasteiger partial charge in [-0.3, -0.25) is 10.5 Å². The number of imidazole rings is 1. The maximum atomic E-state index is 5.47. The minimum Gasteiger partial charge on any atom is -0.347 e. The lowest BCUT2D eigenvalue weighted by atomic mass is 10.2. The molecule has 0 fully saturated rings. The van der Waals surface area contributed by atoms with E-state index < -0.39 is 0 Å². The molecule has 2 aromatic rings. The van der Waals surface area contributed by atoms with Gasteiger partial charge in [-0.15, -0.1) is 0 Å². The van der Waals surface area contributed by atoms with Crippen LogP contribution in [-0.4, -0.2) is 19.7 Å². The maximum Gasteiger partial charge on any atom is 0.130 e. The largest absolute Gasteiger partial charge is 0.347 e. The van der Waals surface area contributed by atoms with E-state index in [4.69, 9.17) is 5.84 Å². The van der Waals surface area contributed by atoms with E-state index in [1.54, 1.807) is 23.3 Å². The molecule has 2 heterocycles. The van der Waals surface area contributed by atoms with E-state index >= 15 is 0 Å². The first kappa shape index (κ1) is 8.92. The number of rotatable bonds is 3. The van der Waals surface area contributed by atoms with E-state index in [0.29, 0.717) is 0 Å². The third-order valence-corrected chi connectivity index (χ3v) is 2.11. The van der Waals surface area contributed by atoms with Gasteiger partial charge in [0.1, 0.15) is 11.9 Å². The minimum atomic E-state index is -0.155. The molecule has 6 heteroatoms. The molecular formula is C8H12N6. The van der Waals surface area contributed by atoms with Crippen molar-refractivity contribution in [3.63, 3.8) is 0 Å². The molecule has 0 saturated heterocycles. The molecule has 0 aliphatic rings. The van der Waals surface area contributed by atoms with Crippen LogP contribution >= 0.6 is 0 Å². The molecule has 2 aromatic heterocycles. The molecule has 0 aliphatic carbocycles. The maximum absolute atomic E-state index is 5.47. The fraction of sp³-hybridized carbons (Fsp3) is 0.250. The smallest absolute Gasteiger partial charge is 0.130 e. The second-order valence-corrected chi connectivity index (χ2v) is 2.95. The Balaban J connectivity index is 2.36. The number of hydrogen-bond acceptors (Lipinski definition) is 4. The Hall–Kier alpha value is -1.66. The summed E-state index contributed by atoms with van der Waals surface area (Å²) in [5.74, 6) is 6.25. The minimum absolute atomic E-state index is 0.155. The van der Waals surface area contributed by atoms with Crippen molar-refractivity contribution in [2.45, 2.75) is 6.04 Å². The molecule has 0 aromatic carbocycles.